The lowest BCUT2D eigenvalue weighted by molar-refractivity contribution is 0.207. The van der Waals surface area contributed by atoms with E-state index in [1.165, 1.54) is 6.07 Å². The van der Waals surface area contributed by atoms with Crippen LogP contribution in [0.3, 0.4) is 0 Å². The van der Waals surface area contributed by atoms with Crippen molar-refractivity contribution in [2.24, 2.45) is 10.8 Å². The molecule has 0 aliphatic carbocycles. The maximum Gasteiger partial charge on any atom is 0.208 e. The molecule has 0 amide bonds. The van der Waals surface area contributed by atoms with Gasteiger partial charge < -0.3 is 9.64 Å². The maximum atomic E-state index is 13.7. The number of methoxy groups -OCH3 is 1. The van der Waals surface area contributed by atoms with E-state index in [9.17, 15) is 4.39 Å². The molecule has 0 radical (unpaired) electrons. The molecule has 1 aromatic rings. The lowest BCUT2D eigenvalue weighted by atomic mass is 10.1. The van der Waals surface area contributed by atoms with E-state index in [1.54, 1.807) is 30.2 Å². The number of nitrogens with one attached hydrogen (secondary N) is 1. The van der Waals surface area contributed by atoms with Gasteiger partial charge in [0.05, 0.1) is 19.2 Å². The van der Waals surface area contributed by atoms with E-state index < -0.39 is 0 Å². The number of halogens is 1. The third-order valence-electron chi connectivity index (χ3n) is 2.96. The van der Waals surface area contributed by atoms with Crippen molar-refractivity contribution in [3.63, 3.8) is 0 Å². The van der Waals surface area contributed by atoms with Crippen molar-refractivity contribution in [2.45, 2.75) is 13.0 Å². The fourth-order valence-corrected chi connectivity index (χ4v) is 1.71. The summed E-state index contributed by atoms with van der Waals surface area (Å²) in [6.45, 7) is 2.89. The predicted octanol–water partition coefficient (Wildman–Crippen LogP) is 1.28. The number of guanidine groups is 1. The van der Waals surface area contributed by atoms with Crippen molar-refractivity contribution < 1.29 is 9.13 Å². The summed E-state index contributed by atoms with van der Waals surface area (Å²) in [6.07, 6.45) is 0. The van der Waals surface area contributed by atoms with Gasteiger partial charge in [0.2, 0.25) is 5.96 Å². The molecule has 0 aromatic heterocycles. The quantitative estimate of drug-likeness (QED) is 0.278. The molecule has 1 unspecified atom stereocenters. The maximum absolute atomic E-state index is 13.7. The zero-order chi connectivity index (χ0) is 14.3. The largest absolute Gasteiger partial charge is 0.383 e. The van der Waals surface area contributed by atoms with Crippen LogP contribution in [-0.4, -0.2) is 38.2 Å². The monoisotopic (exact) mass is 268 g/mol. The number of nitrogens with zero attached hydrogens (tertiary/aromatic N) is 2. The van der Waals surface area contributed by atoms with Gasteiger partial charge in [-0.05, 0) is 13.0 Å². The summed E-state index contributed by atoms with van der Waals surface area (Å²) in [6, 6.07) is 6.48. The van der Waals surface area contributed by atoms with Crippen molar-refractivity contribution >= 4 is 5.96 Å². The summed E-state index contributed by atoms with van der Waals surface area (Å²) < 4.78 is 18.7. The van der Waals surface area contributed by atoms with Gasteiger partial charge in [-0.2, -0.15) is 0 Å². The summed E-state index contributed by atoms with van der Waals surface area (Å²) in [5.74, 6) is 5.71. The number of hydrazine groups is 1. The molecule has 0 heterocycles. The minimum absolute atomic E-state index is 0.182. The van der Waals surface area contributed by atoms with E-state index >= 15 is 0 Å². The molecule has 3 N–H and O–H groups in total. The molecule has 0 aliphatic heterocycles. The van der Waals surface area contributed by atoms with Crippen molar-refractivity contribution in [1.29, 1.82) is 0 Å². The average Bonchev–Trinajstić information content (AvgIpc) is 2.43. The van der Waals surface area contributed by atoms with Crippen molar-refractivity contribution in [1.82, 2.24) is 10.3 Å². The predicted molar refractivity (Wildman–Crippen MR) is 74.1 cm³/mol. The Hall–Kier alpha value is -1.66. The summed E-state index contributed by atoms with van der Waals surface area (Å²) in [5, 5.41) is 0. The second kappa shape index (κ2) is 7.70. The number of ether oxygens (including phenoxy) is 1. The molecule has 1 atom stereocenters. The molecule has 1 rings (SSSR count). The van der Waals surface area contributed by atoms with Crippen LogP contribution in [-0.2, 0) is 4.74 Å². The van der Waals surface area contributed by atoms with E-state index in [4.69, 9.17) is 10.6 Å². The molecule has 0 bridgehead atoms. The van der Waals surface area contributed by atoms with Crippen LogP contribution in [0.2, 0.25) is 0 Å². The second-order valence-electron chi connectivity index (χ2n) is 4.15. The summed E-state index contributed by atoms with van der Waals surface area (Å²) in [5.41, 5.74) is 3.13. The molecule has 0 saturated heterocycles. The highest BCUT2D eigenvalue weighted by atomic mass is 19.1. The smallest absolute Gasteiger partial charge is 0.208 e. The topological polar surface area (TPSA) is 62.9 Å². The Kier molecular flexibility index (Phi) is 6.24. The van der Waals surface area contributed by atoms with Crippen molar-refractivity contribution in [2.75, 3.05) is 27.3 Å². The third kappa shape index (κ3) is 4.18. The Bertz CT molecular complexity index is 425. The highest BCUT2D eigenvalue weighted by molar-refractivity contribution is 5.79. The van der Waals surface area contributed by atoms with Gasteiger partial charge in [0.15, 0.2) is 0 Å². The SMILES string of the molecule is COCCN=C(NN)N(C)C(C)c1ccccc1F. The van der Waals surface area contributed by atoms with Crippen LogP contribution in [0.15, 0.2) is 29.3 Å². The minimum Gasteiger partial charge on any atom is -0.383 e. The van der Waals surface area contributed by atoms with Gasteiger partial charge in [0, 0.05) is 19.7 Å². The Morgan fingerprint density at radius 1 is 1.53 bits per heavy atom. The minimum atomic E-state index is -0.241. The average molecular weight is 268 g/mol. The van der Waals surface area contributed by atoms with Crippen LogP contribution >= 0.6 is 0 Å². The zero-order valence-electron chi connectivity index (χ0n) is 11.6. The number of aliphatic imine (C=N–C) groups is 1. The van der Waals surface area contributed by atoms with Gasteiger partial charge in [-0.1, -0.05) is 18.2 Å². The number of hydrogen-bond donors (Lipinski definition) is 2. The van der Waals surface area contributed by atoms with Crippen molar-refractivity contribution in [3.05, 3.63) is 35.6 Å². The molecular formula is C13H21FN4O. The highest BCUT2D eigenvalue weighted by Crippen LogP contribution is 2.21. The molecule has 0 saturated carbocycles. The van der Waals surface area contributed by atoms with Crippen LogP contribution in [0, 0.1) is 5.82 Å². The van der Waals surface area contributed by atoms with E-state index in [-0.39, 0.29) is 11.9 Å². The molecule has 106 valence electrons. The van der Waals surface area contributed by atoms with Crippen molar-refractivity contribution in [3.8, 4) is 0 Å². The summed E-state index contributed by atoms with van der Waals surface area (Å²) in [7, 11) is 3.42. The molecule has 5 nitrogen and oxygen atoms in total. The molecule has 0 fully saturated rings. The Labute approximate surface area is 113 Å². The van der Waals surface area contributed by atoms with Gasteiger partial charge in [-0.3, -0.25) is 5.43 Å². The van der Waals surface area contributed by atoms with Crippen LogP contribution in [0.4, 0.5) is 4.39 Å². The molecule has 19 heavy (non-hydrogen) atoms. The number of benzene rings is 1. The Balaban J connectivity index is 2.82. The van der Waals surface area contributed by atoms with Crippen LogP contribution < -0.4 is 11.3 Å². The number of nitrogens with two attached hydrogens (primary N) is 1. The van der Waals surface area contributed by atoms with Gasteiger partial charge in [-0.25, -0.2) is 15.2 Å². The normalized spacial score (nSPS) is 13.2. The zero-order valence-corrected chi connectivity index (χ0v) is 11.6. The Morgan fingerprint density at radius 3 is 2.79 bits per heavy atom. The van der Waals surface area contributed by atoms with Gasteiger partial charge in [0.1, 0.15) is 5.82 Å². The fraction of sp³-hybridized carbons (Fsp3) is 0.462. The second-order valence-corrected chi connectivity index (χ2v) is 4.15. The van der Waals surface area contributed by atoms with Gasteiger partial charge in [0.25, 0.3) is 0 Å². The van der Waals surface area contributed by atoms with Gasteiger partial charge >= 0.3 is 0 Å². The molecule has 0 spiro atoms. The van der Waals surface area contributed by atoms with Gasteiger partial charge in [-0.15, -0.1) is 0 Å². The molecule has 1 aromatic carbocycles. The molecule has 0 aliphatic rings. The number of rotatable bonds is 5. The molecule has 6 heteroatoms. The Morgan fingerprint density at radius 2 is 2.21 bits per heavy atom. The standard InChI is InChI=1S/C13H21FN4O/c1-10(11-6-4-5-7-12(11)14)18(2)13(17-15)16-8-9-19-3/h4-7,10H,8-9,15H2,1-3H3,(H,16,17). The summed E-state index contributed by atoms with van der Waals surface area (Å²) in [4.78, 5) is 6.05. The first-order valence-corrected chi connectivity index (χ1v) is 6.09. The highest BCUT2D eigenvalue weighted by Gasteiger charge is 2.17. The third-order valence-corrected chi connectivity index (χ3v) is 2.96. The summed E-state index contributed by atoms with van der Waals surface area (Å²) >= 11 is 0. The van der Waals surface area contributed by atoms with E-state index in [2.05, 4.69) is 10.4 Å². The lowest BCUT2D eigenvalue weighted by Crippen LogP contribution is -2.44. The van der Waals surface area contributed by atoms with E-state index in [1.807, 2.05) is 14.0 Å². The lowest BCUT2D eigenvalue weighted by Gasteiger charge is -2.28. The van der Waals surface area contributed by atoms with E-state index in [0.29, 0.717) is 24.7 Å². The molecular weight excluding hydrogens is 247 g/mol. The first-order chi connectivity index (χ1) is 9.11. The van der Waals surface area contributed by atoms with Crippen LogP contribution in [0.1, 0.15) is 18.5 Å². The first-order valence-electron chi connectivity index (χ1n) is 6.09. The van der Waals surface area contributed by atoms with E-state index in [0.717, 1.165) is 0 Å². The van der Waals surface area contributed by atoms with Crippen LogP contribution in [0.25, 0.3) is 0 Å². The first kappa shape index (κ1) is 15.4. The fourth-order valence-electron chi connectivity index (χ4n) is 1.71. The number of hydrogen-bond acceptors (Lipinski definition) is 3. The van der Waals surface area contributed by atoms with Crippen LogP contribution in [0.5, 0.6) is 0 Å².